The lowest BCUT2D eigenvalue weighted by Crippen LogP contribution is -2.24. The fourth-order valence-electron chi connectivity index (χ4n) is 2.81. The molecule has 1 N–H and O–H groups in total. The Morgan fingerprint density at radius 1 is 1.15 bits per heavy atom. The number of aliphatic hydroxyl groups excluding tert-OH is 1. The van der Waals surface area contributed by atoms with Gasteiger partial charge in [0.15, 0.2) is 0 Å². The summed E-state index contributed by atoms with van der Waals surface area (Å²) >= 11 is 0.886. The average Bonchev–Trinajstić information content (AvgIpc) is 2.92. The van der Waals surface area contributed by atoms with E-state index in [1.54, 1.807) is 0 Å². The molecule has 2 aliphatic heterocycles. The number of halogens is 4. The summed E-state index contributed by atoms with van der Waals surface area (Å²) < 4.78 is 54.0. The maximum absolute atomic E-state index is 13.6. The minimum atomic E-state index is -4.72. The van der Waals surface area contributed by atoms with Crippen LogP contribution >= 0.6 is 11.8 Å². The first kappa shape index (κ1) is 16.8. The molecule has 1 atom stereocenters. The molecule has 1 aromatic carbocycles. The monoisotopic (exact) mass is 380 g/mol. The lowest BCUT2D eigenvalue weighted by atomic mass is 9.98. The molecule has 0 aliphatic carbocycles. The average molecular weight is 380 g/mol. The van der Waals surface area contributed by atoms with Crippen LogP contribution in [-0.4, -0.2) is 27.0 Å². The second-order valence-corrected chi connectivity index (χ2v) is 6.74. The molecule has 2 aromatic rings. The van der Waals surface area contributed by atoms with Gasteiger partial charge in [0, 0.05) is 17.2 Å². The van der Waals surface area contributed by atoms with E-state index in [1.165, 1.54) is 12.1 Å². The van der Waals surface area contributed by atoms with Gasteiger partial charge in [-0.15, -0.1) is 0 Å². The number of alkyl halides is 3. The fraction of sp³-hybridized carbons (Fsp3) is 0.118. The van der Waals surface area contributed by atoms with Crippen LogP contribution in [0.15, 0.2) is 52.2 Å². The SMILES string of the molecule is O=C1C=C(O)C2Sc3nc(-c4ccc(F)cc4)cc(C(F)(F)F)c3C2=N1. The molecule has 0 spiro atoms. The predicted molar refractivity (Wildman–Crippen MR) is 86.5 cm³/mol. The van der Waals surface area contributed by atoms with Gasteiger partial charge < -0.3 is 5.11 Å². The zero-order valence-corrected chi connectivity index (χ0v) is 13.5. The van der Waals surface area contributed by atoms with Gasteiger partial charge in [-0.25, -0.2) is 14.4 Å². The van der Waals surface area contributed by atoms with Gasteiger partial charge in [0.25, 0.3) is 5.91 Å². The van der Waals surface area contributed by atoms with E-state index in [9.17, 15) is 27.5 Å². The first-order valence-corrected chi connectivity index (χ1v) is 8.20. The van der Waals surface area contributed by atoms with Crippen molar-refractivity contribution in [1.29, 1.82) is 0 Å². The van der Waals surface area contributed by atoms with Gasteiger partial charge in [0.2, 0.25) is 0 Å². The van der Waals surface area contributed by atoms with Crippen molar-refractivity contribution in [3.63, 3.8) is 0 Å². The van der Waals surface area contributed by atoms with Crippen LogP contribution in [-0.2, 0) is 11.0 Å². The molecule has 3 heterocycles. The minimum Gasteiger partial charge on any atom is -0.510 e. The molecule has 0 bridgehead atoms. The predicted octanol–water partition coefficient (Wildman–Crippen LogP) is 4.15. The molecule has 4 rings (SSSR count). The zero-order chi connectivity index (χ0) is 18.6. The summed E-state index contributed by atoms with van der Waals surface area (Å²) in [5, 5.41) is 9.03. The van der Waals surface area contributed by atoms with Crippen molar-refractivity contribution in [1.82, 2.24) is 4.98 Å². The highest BCUT2D eigenvalue weighted by Gasteiger charge is 2.45. The number of benzene rings is 1. The van der Waals surface area contributed by atoms with E-state index >= 15 is 0 Å². The van der Waals surface area contributed by atoms with Crippen molar-refractivity contribution in [2.45, 2.75) is 16.5 Å². The maximum atomic E-state index is 13.6. The molecule has 132 valence electrons. The molecule has 0 saturated heterocycles. The number of fused-ring (bicyclic) bond motifs is 3. The standard InChI is InChI=1S/C17H8F4N2O2S/c18-8-3-1-7(2-4-8)10-5-9(17(19,20)21)13-14-15(26-16(13)22-10)11(24)6-12(25)23-14/h1-6,15,24H. The number of nitrogens with zero attached hydrogens (tertiary/aromatic N) is 2. The summed E-state index contributed by atoms with van der Waals surface area (Å²) in [5.74, 6) is -1.70. The summed E-state index contributed by atoms with van der Waals surface area (Å²) in [7, 11) is 0. The van der Waals surface area contributed by atoms with Gasteiger partial charge >= 0.3 is 6.18 Å². The van der Waals surface area contributed by atoms with Crippen LogP contribution in [0.3, 0.4) is 0 Å². The van der Waals surface area contributed by atoms with E-state index in [0.717, 1.165) is 36.0 Å². The number of thioether (sulfide) groups is 1. The van der Waals surface area contributed by atoms with Crippen molar-refractivity contribution in [3.05, 3.63) is 59.1 Å². The molecule has 0 saturated carbocycles. The van der Waals surface area contributed by atoms with Crippen LogP contribution in [0, 0.1) is 5.82 Å². The molecule has 1 unspecified atom stereocenters. The Labute approximate surface area is 148 Å². The number of aliphatic hydroxyl groups is 1. The molecule has 0 radical (unpaired) electrons. The van der Waals surface area contributed by atoms with Gasteiger partial charge in [-0.1, -0.05) is 11.8 Å². The number of pyridine rings is 1. The first-order chi connectivity index (χ1) is 12.2. The number of hydrogen-bond donors (Lipinski definition) is 1. The topological polar surface area (TPSA) is 62.5 Å². The second-order valence-electron chi connectivity index (χ2n) is 5.64. The van der Waals surface area contributed by atoms with E-state index in [4.69, 9.17) is 0 Å². The van der Waals surface area contributed by atoms with Crippen LogP contribution in [0.1, 0.15) is 11.1 Å². The number of carbonyl (C=O) groups is 1. The van der Waals surface area contributed by atoms with Crippen molar-refractivity contribution in [2.75, 3.05) is 0 Å². The Morgan fingerprint density at radius 3 is 2.50 bits per heavy atom. The van der Waals surface area contributed by atoms with Crippen LogP contribution < -0.4 is 0 Å². The van der Waals surface area contributed by atoms with Crippen LogP contribution in [0.25, 0.3) is 11.3 Å². The van der Waals surface area contributed by atoms with Crippen LogP contribution in [0.4, 0.5) is 17.6 Å². The molecule has 26 heavy (non-hydrogen) atoms. The van der Waals surface area contributed by atoms with Crippen LogP contribution in [0.2, 0.25) is 0 Å². The lowest BCUT2D eigenvalue weighted by Gasteiger charge is -2.16. The van der Waals surface area contributed by atoms with Gasteiger partial charge in [-0.3, -0.25) is 4.79 Å². The summed E-state index contributed by atoms with van der Waals surface area (Å²) in [4.78, 5) is 19.4. The molecule has 2 aliphatic rings. The molecular formula is C17H8F4N2O2S. The molecule has 1 amide bonds. The van der Waals surface area contributed by atoms with Gasteiger partial charge in [-0.2, -0.15) is 13.2 Å². The lowest BCUT2D eigenvalue weighted by molar-refractivity contribution is -0.138. The Bertz CT molecular complexity index is 997. The highest BCUT2D eigenvalue weighted by molar-refractivity contribution is 8.01. The van der Waals surface area contributed by atoms with Crippen molar-refractivity contribution < 1.29 is 27.5 Å². The molecular weight excluding hydrogens is 372 g/mol. The summed E-state index contributed by atoms with van der Waals surface area (Å²) in [6.07, 6.45) is -3.85. The number of hydrogen-bond acceptors (Lipinski definition) is 4. The van der Waals surface area contributed by atoms with Crippen molar-refractivity contribution in [3.8, 4) is 11.3 Å². The Kier molecular flexibility index (Phi) is 3.65. The number of aliphatic imine (C=N–C) groups is 1. The number of rotatable bonds is 1. The highest BCUT2D eigenvalue weighted by atomic mass is 32.2. The van der Waals surface area contributed by atoms with Crippen molar-refractivity contribution >= 4 is 23.4 Å². The summed E-state index contributed by atoms with van der Waals surface area (Å²) in [6, 6.07) is 5.76. The fourth-order valence-corrected chi connectivity index (χ4v) is 3.99. The molecule has 1 aromatic heterocycles. The molecule has 9 heteroatoms. The zero-order valence-electron chi connectivity index (χ0n) is 12.7. The van der Waals surface area contributed by atoms with Crippen molar-refractivity contribution in [2.24, 2.45) is 4.99 Å². The number of aromatic nitrogens is 1. The van der Waals surface area contributed by atoms with E-state index < -0.39 is 28.7 Å². The number of amides is 1. The third-order valence-corrected chi connectivity index (χ3v) is 5.16. The Hall–Kier alpha value is -2.68. The normalized spacial score (nSPS) is 18.9. The summed E-state index contributed by atoms with van der Waals surface area (Å²) in [6.45, 7) is 0. The largest absolute Gasteiger partial charge is 0.510 e. The highest BCUT2D eigenvalue weighted by Crippen LogP contribution is 2.47. The Morgan fingerprint density at radius 2 is 1.85 bits per heavy atom. The van der Waals surface area contributed by atoms with Crippen LogP contribution in [0.5, 0.6) is 0 Å². The second kappa shape index (κ2) is 5.66. The first-order valence-electron chi connectivity index (χ1n) is 7.32. The van der Waals surface area contributed by atoms with E-state index in [1.807, 2.05) is 0 Å². The van der Waals surface area contributed by atoms with E-state index in [2.05, 4.69) is 9.98 Å². The van der Waals surface area contributed by atoms with Gasteiger partial charge in [-0.05, 0) is 30.3 Å². The maximum Gasteiger partial charge on any atom is 0.417 e. The van der Waals surface area contributed by atoms with Gasteiger partial charge in [0.05, 0.1) is 17.0 Å². The number of carbonyl (C=O) groups excluding carboxylic acids is 1. The molecule has 4 nitrogen and oxygen atoms in total. The Balaban J connectivity index is 1.94. The van der Waals surface area contributed by atoms with E-state index in [0.29, 0.717) is 5.56 Å². The van der Waals surface area contributed by atoms with E-state index in [-0.39, 0.29) is 27.8 Å². The van der Waals surface area contributed by atoms with Gasteiger partial charge in [0.1, 0.15) is 21.9 Å². The smallest absolute Gasteiger partial charge is 0.417 e. The number of dihydropyridines is 1. The third kappa shape index (κ3) is 2.68. The minimum absolute atomic E-state index is 0.0116. The third-order valence-electron chi connectivity index (χ3n) is 3.94. The quantitative estimate of drug-likeness (QED) is 0.755. The summed E-state index contributed by atoms with van der Waals surface area (Å²) in [5.41, 5.74) is -1.13. The molecule has 0 fully saturated rings.